The summed E-state index contributed by atoms with van der Waals surface area (Å²) in [6, 6.07) is 22.7. The lowest BCUT2D eigenvalue weighted by Crippen LogP contribution is -2.14. The highest BCUT2D eigenvalue weighted by molar-refractivity contribution is 7.93. The van der Waals surface area contributed by atoms with Gasteiger partial charge in [-0.15, -0.1) is 0 Å². The molecule has 0 fully saturated rings. The molecule has 3 N–H and O–H groups in total. The van der Waals surface area contributed by atoms with Crippen molar-refractivity contribution in [2.45, 2.75) is 11.3 Å². The normalized spacial score (nSPS) is 12.7. The molecule has 31 heavy (non-hydrogen) atoms. The maximum atomic E-state index is 13.2. The van der Waals surface area contributed by atoms with Gasteiger partial charge in [0.2, 0.25) is 0 Å². The predicted octanol–water partition coefficient (Wildman–Crippen LogP) is 4.50. The average Bonchev–Trinajstić information content (AvgIpc) is 3.08. The molecule has 0 bridgehead atoms. The van der Waals surface area contributed by atoms with Gasteiger partial charge in [0.15, 0.2) is 0 Å². The van der Waals surface area contributed by atoms with Crippen LogP contribution in [0.3, 0.4) is 0 Å². The fourth-order valence-corrected chi connectivity index (χ4v) is 5.17. The molecule has 0 unspecified atom stereocenters. The molecule has 0 aliphatic carbocycles. The standard InChI is InChI=1S/C24H18N2O4S/c27-21-11-9-16(13-15-5-2-1-3-6-15)14-20(21)26-31(29,30)22-12-10-19-23-17(22)7-4-8-18(23)24(28)25-19/h1-12,14,26-27H,13H2,(H,25,28). The van der Waals surface area contributed by atoms with Gasteiger partial charge < -0.3 is 10.4 Å². The lowest BCUT2D eigenvalue weighted by Gasteiger charge is -2.13. The van der Waals surface area contributed by atoms with Crippen LogP contribution in [0.2, 0.25) is 0 Å². The molecule has 0 saturated carbocycles. The molecular weight excluding hydrogens is 412 g/mol. The predicted molar refractivity (Wildman–Crippen MR) is 120 cm³/mol. The number of carbonyl (C=O) groups is 1. The molecule has 6 nitrogen and oxygen atoms in total. The van der Waals surface area contributed by atoms with Crippen LogP contribution in [-0.2, 0) is 16.4 Å². The number of aromatic hydroxyl groups is 1. The van der Waals surface area contributed by atoms with Crippen molar-refractivity contribution in [2.24, 2.45) is 0 Å². The maximum Gasteiger partial charge on any atom is 0.262 e. The SMILES string of the molecule is O=C1Nc2ccc(S(=O)(=O)Nc3cc(Cc4ccccc4)ccc3O)c3cccc1c23. The number of nitrogens with one attached hydrogen (secondary N) is 2. The first-order valence-corrected chi connectivity index (χ1v) is 11.2. The third kappa shape index (κ3) is 3.39. The number of hydrogen-bond donors (Lipinski definition) is 3. The van der Waals surface area contributed by atoms with E-state index in [4.69, 9.17) is 0 Å². The minimum Gasteiger partial charge on any atom is -0.506 e. The molecule has 154 valence electrons. The van der Waals surface area contributed by atoms with Crippen LogP contribution in [0.15, 0.2) is 83.8 Å². The highest BCUT2D eigenvalue weighted by Gasteiger charge is 2.26. The lowest BCUT2D eigenvalue weighted by molar-refractivity contribution is 0.103. The molecule has 5 rings (SSSR count). The zero-order valence-corrected chi connectivity index (χ0v) is 17.1. The topological polar surface area (TPSA) is 95.5 Å². The Morgan fingerprint density at radius 3 is 2.48 bits per heavy atom. The van der Waals surface area contributed by atoms with E-state index in [-0.39, 0.29) is 22.2 Å². The fourth-order valence-electron chi connectivity index (χ4n) is 3.90. The van der Waals surface area contributed by atoms with Crippen molar-refractivity contribution in [3.8, 4) is 5.75 Å². The van der Waals surface area contributed by atoms with Gasteiger partial charge in [0, 0.05) is 22.0 Å². The first-order chi connectivity index (χ1) is 14.9. The van der Waals surface area contributed by atoms with Gasteiger partial charge in [-0.2, -0.15) is 0 Å². The van der Waals surface area contributed by atoms with Gasteiger partial charge >= 0.3 is 0 Å². The van der Waals surface area contributed by atoms with Gasteiger partial charge in [-0.3, -0.25) is 9.52 Å². The zero-order chi connectivity index (χ0) is 21.6. The highest BCUT2D eigenvalue weighted by Crippen LogP contribution is 2.37. The Morgan fingerprint density at radius 1 is 0.871 bits per heavy atom. The van der Waals surface area contributed by atoms with Crippen molar-refractivity contribution in [3.05, 3.63) is 95.6 Å². The summed E-state index contributed by atoms with van der Waals surface area (Å²) >= 11 is 0. The first-order valence-electron chi connectivity index (χ1n) is 9.68. The number of sulfonamides is 1. The number of anilines is 2. The van der Waals surface area contributed by atoms with Crippen molar-refractivity contribution >= 4 is 38.1 Å². The monoisotopic (exact) mass is 430 g/mol. The Bertz CT molecular complexity index is 1450. The van der Waals surface area contributed by atoms with Gasteiger partial charge in [-0.25, -0.2) is 8.42 Å². The average molecular weight is 430 g/mol. The Labute approximate surface area is 179 Å². The molecule has 0 aromatic heterocycles. The number of amides is 1. The molecule has 1 aliphatic heterocycles. The molecule has 0 radical (unpaired) electrons. The first kappa shape index (κ1) is 19.1. The van der Waals surface area contributed by atoms with Crippen molar-refractivity contribution in [1.29, 1.82) is 0 Å². The van der Waals surface area contributed by atoms with Crippen LogP contribution in [0, 0.1) is 0 Å². The number of hydrogen-bond acceptors (Lipinski definition) is 4. The van der Waals surface area contributed by atoms with E-state index >= 15 is 0 Å². The van der Waals surface area contributed by atoms with E-state index < -0.39 is 10.0 Å². The van der Waals surface area contributed by atoms with Gasteiger partial charge in [0.05, 0.1) is 10.6 Å². The number of benzene rings is 4. The van der Waals surface area contributed by atoms with Crippen molar-refractivity contribution < 1.29 is 18.3 Å². The summed E-state index contributed by atoms with van der Waals surface area (Å²) in [6.45, 7) is 0. The molecule has 0 atom stereocenters. The second kappa shape index (κ2) is 7.14. The number of phenols is 1. The van der Waals surface area contributed by atoms with E-state index in [0.29, 0.717) is 28.4 Å². The summed E-state index contributed by atoms with van der Waals surface area (Å²) in [6.07, 6.45) is 0.602. The highest BCUT2D eigenvalue weighted by atomic mass is 32.2. The van der Waals surface area contributed by atoms with E-state index in [9.17, 15) is 18.3 Å². The second-order valence-corrected chi connectivity index (χ2v) is 9.06. The molecular formula is C24H18N2O4S. The summed E-state index contributed by atoms with van der Waals surface area (Å²) in [4.78, 5) is 12.2. The minimum atomic E-state index is -4.02. The zero-order valence-electron chi connectivity index (χ0n) is 16.3. The van der Waals surface area contributed by atoms with Gasteiger partial charge in [0.1, 0.15) is 5.75 Å². The van der Waals surface area contributed by atoms with E-state index in [1.54, 1.807) is 36.4 Å². The van der Waals surface area contributed by atoms with Crippen LogP contribution in [0.5, 0.6) is 5.75 Å². The smallest absolute Gasteiger partial charge is 0.262 e. The molecule has 0 spiro atoms. The summed E-state index contributed by atoms with van der Waals surface area (Å²) in [5, 5.41) is 14.0. The molecule has 4 aromatic carbocycles. The Kier molecular flexibility index (Phi) is 4.41. The van der Waals surface area contributed by atoms with Crippen LogP contribution < -0.4 is 10.0 Å². The third-order valence-electron chi connectivity index (χ3n) is 5.34. The van der Waals surface area contributed by atoms with Crippen LogP contribution in [0.4, 0.5) is 11.4 Å². The lowest BCUT2D eigenvalue weighted by atomic mass is 10.0. The van der Waals surface area contributed by atoms with Crippen molar-refractivity contribution in [2.75, 3.05) is 10.0 Å². The molecule has 4 aromatic rings. The van der Waals surface area contributed by atoms with Gasteiger partial charge in [-0.05, 0) is 47.9 Å². The Hall–Kier alpha value is -3.84. The molecule has 7 heteroatoms. The van der Waals surface area contributed by atoms with Gasteiger partial charge in [-0.1, -0.05) is 48.5 Å². The maximum absolute atomic E-state index is 13.2. The number of rotatable bonds is 5. The van der Waals surface area contributed by atoms with Gasteiger partial charge in [0.25, 0.3) is 15.9 Å². The molecule has 0 saturated heterocycles. The van der Waals surface area contributed by atoms with E-state index in [0.717, 1.165) is 11.1 Å². The summed E-state index contributed by atoms with van der Waals surface area (Å²) < 4.78 is 29.0. The number of carbonyl (C=O) groups excluding carboxylic acids is 1. The largest absolute Gasteiger partial charge is 0.506 e. The number of phenolic OH excluding ortho intramolecular Hbond substituents is 1. The Balaban J connectivity index is 1.53. The van der Waals surface area contributed by atoms with Crippen LogP contribution in [-0.4, -0.2) is 19.4 Å². The quantitative estimate of drug-likeness (QED) is 0.406. The van der Waals surface area contributed by atoms with Crippen LogP contribution in [0.1, 0.15) is 21.5 Å². The summed E-state index contributed by atoms with van der Waals surface area (Å²) in [7, 11) is -4.02. The van der Waals surface area contributed by atoms with Crippen LogP contribution >= 0.6 is 0 Å². The van der Waals surface area contributed by atoms with Crippen molar-refractivity contribution in [1.82, 2.24) is 0 Å². The Morgan fingerprint density at radius 2 is 1.68 bits per heavy atom. The van der Waals surface area contributed by atoms with Crippen molar-refractivity contribution in [3.63, 3.8) is 0 Å². The molecule has 1 heterocycles. The molecule has 1 aliphatic rings. The second-order valence-electron chi connectivity index (χ2n) is 7.41. The van der Waals surface area contributed by atoms with E-state index in [1.165, 1.54) is 12.1 Å². The van der Waals surface area contributed by atoms with E-state index in [1.807, 2.05) is 30.3 Å². The van der Waals surface area contributed by atoms with Crippen LogP contribution in [0.25, 0.3) is 10.8 Å². The summed E-state index contributed by atoms with van der Waals surface area (Å²) in [5.74, 6) is -0.419. The summed E-state index contributed by atoms with van der Waals surface area (Å²) in [5.41, 5.74) is 3.06. The van der Waals surface area contributed by atoms with E-state index in [2.05, 4.69) is 10.0 Å². The molecule has 1 amide bonds. The fraction of sp³-hybridized carbons (Fsp3) is 0.0417. The minimum absolute atomic E-state index is 0.0393. The third-order valence-corrected chi connectivity index (χ3v) is 6.76.